The van der Waals surface area contributed by atoms with Gasteiger partial charge < -0.3 is 10.1 Å². The van der Waals surface area contributed by atoms with E-state index in [0.717, 1.165) is 11.3 Å². The topological polar surface area (TPSA) is 77.2 Å². The molecule has 17 heavy (non-hydrogen) atoms. The molecule has 0 aliphatic carbocycles. The molecule has 0 aliphatic heterocycles. The highest BCUT2D eigenvalue weighted by Crippen LogP contribution is 2.16. The normalized spacial score (nSPS) is 9.94. The fourth-order valence-electron chi connectivity index (χ4n) is 1.38. The van der Waals surface area contributed by atoms with Crippen molar-refractivity contribution < 1.29 is 14.2 Å². The Kier molecular flexibility index (Phi) is 3.34. The van der Waals surface area contributed by atoms with Crippen LogP contribution in [0.3, 0.4) is 0 Å². The van der Waals surface area contributed by atoms with Crippen LogP contribution in [0.4, 0.5) is 0 Å². The van der Waals surface area contributed by atoms with Gasteiger partial charge in [-0.2, -0.15) is 0 Å². The highest BCUT2D eigenvalue weighted by atomic mass is 16.6. The number of carbonyl (C=O) groups excluding carboxylic acids is 1. The summed E-state index contributed by atoms with van der Waals surface area (Å²) in [5.41, 5.74) is 1.04. The summed E-state index contributed by atoms with van der Waals surface area (Å²) in [5.74, 6) is 0.392. The number of amides is 1. The lowest BCUT2D eigenvalue weighted by Crippen LogP contribution is -2.23. The van der Waals surface area contributed by atoms with Crippen molar-refractivity contribution in [1.82, 2.24) is 15.6 Å². The summed E-state index contributed by atoms with van der Waals surface area (Å²) in [6.45, 7) is 0.357. The summed E-state index contributed by atoms with van der Waals surface area (Å²) in [6.07, 6.45) is 1.26. The minimum Gasteiger partial charge on any atom is -0.496 e. The fourth-order valence-corrected chi connectivity index (χ4v) is 1.38. The van der Waals surface area contributed by atoms with Crippen molar-refractivity contribution in [2.45, 2.75) is 6.54 Å². The molecule has 2 aromatic rings. The maximum Gasteiger partial charge on any atom is 0.275 e. The summed E-state index contributed by atoms with van der Waals surface area (Å²) < 4.78 is 9.52. The van der Waals surface area contributed by atoms with Crippen LogP contribution in [0.2, 0.25) is 0 Å². The number of hydrogen-bond donors (Lipinski definition) is 1. The Morgan fingerprint density at radius 3 is 3.00 bits per heavy atom. The van der Waals surface area contributed by atoms with E-state index in [-0.39, 0.29) is 11.6 Å². The number of para-hydroxylation sites is 1. The van der Waals surface area contributed by atoms with Gasteiger partial charge in [0.1, 0.15) is 11.9 Å². The van der Waals surface area contributed by atoms with E-state index >= 15 is 0 Å². The lowest BCUT2D eigenvalue weighted by Gasteiger charge is -2.08. The molecule has 0 unspecified atom stereocenters. The lowest BCUT2D eigenvalue weighted by atomic mass is 10.2. The van der Waals surface area contributed by atoms with Crippen LogP contribution in [0, 0.1) is 0 Å². The summed E-state index contributed by atoms with van der Waals surface area (Å²) in [5, 5.41) is 9.50. The molecule has 1 amide bonds. The smallest absolute Gasteiger partial charge is 0.275 e. The Hall–Kier alpha value is -2.37. The molecule has 1 heterocycles. The zero-order valence-electron chi connectivity index (χ0n) is 9.21. The van der Waals surface area contributed by atoms with Crippen LogP contribution in [-0.2, 0) is 6.54 Å². The molecule has 1 aromatic heterocycles. The van der Waals surface area contributed by atoms with Gasteiger partial charge in [-0.25, -0.2) is 4.63 Å². The van der Waals surface area contributed by atoms with Crippen molar-refractivity contribution in [1.29, 1.82) is 0 Å². The van der Waals surface area contributed by atoms with Crippen LogP contribution in [0.5, 0.6) is 5.75 Å². The first-order chi connectivity index (χ1) is 8.31. The van der Waals surface area contributed by atoms with Gasteiger partial charge in [0, 0.05) is 12.1 Å². The lowest BCUT2D eigenvalue weighted by molar-refractivity contribution is 0.0941. The van der Waals surface area contributed by atoms with Gasteiger partial charge in [-0.15, -0.1) is 0 Å². The number of benzene rings is 1. The molecule has 0 fully saturated rings. The molecule has 0 radical (unpaired) electrons. The van der Waals surface area contributed by atoms with Gasteiger partial charge in [0.2, 0.25) is 0 Å². The van der Waals surface area contributed by atoms with Crippen molar-refractivity contribution in [3.63, 3.8) is 0 Å². The molecule has 6 heteroatoms. The number of ether oxygens (including phenoxy) is 1. The van der Waals surface area contributed by atoms with Crippen LogP contribution < -0.4 is 10.1 Å². The molecule has 0 bridgehead atoms. The van der Waals surface area contributed by atoms with Crippen LogP contribution in [0.1, 0.15) is 16.1 Å². The number of hydrogen-bond acceptors (Lipinski definition) is 5. The predicted octanol–water partition coefficient (Wildman–Crippen LogP) is 1.01. The highest BCUT2D eigenvalue weighted by molar-refractivity contribution is 5.91. The van der Waals surface area contributed by atoms with Gasteiger partial charge in [0.05, 0.1) is 7.11 Å². The molecular weight excluding hydrogens is 222 g/mol. The molecule has 0 saturated carbocycles. The van der Waals surface area contributed by atoms with Crippen molar-refractivity contribution in [2.24, 2.45) is 0 Å². The number of carbonyl (C=O) groups is 1. The SMILES string of the molecule is COc1ccccc1CNC(=O)c1cnon1. The third-order valence-electron chi connectivity index (χ3n) is 2.23. The second kappa shape index (κ2) is 5.11. The first kappa shape index (κ1) is 11.1. The molecule has 0 spiro atoms. The maximum atomic E-state index is 11.6. The Balaban J connectivity index is 2.00. The average molecular weight is 233 g/mol. The summed E-state index contributed by atoms with van der Waals surface area (Å²) >= 11 is 0. The first-order valence-corrected chi connectivity index (χ1v) is 4.99. The second-order valence-corrected chi connectivity index (χ2v) is 3.29. The van der Waals surface area contributed by atoms with Gasteiger partial charge in [-0.05, 0) is 11.2 Å². The zero-order chi connectivity index (χ0) is 12.1. The van der Waals surface area contributed by atoms with Crippen molar-refractivity contribution in [3.8, 4) is 5.75 Å². The van der Waals surface area contributed by atoms with Crippen molar-refractivity contribution >= 4 is 5.91 Å². The Morgan fingerprint density at radius 1 is 1.47 bits per heavy atom. The third-order valence-corrected chi connectivity index (χ3v) is 2.23. The fraction of sp³-hybridized carbons (Fsp3) is 0.182. The third kappa shape index (κ3) is 2.60. The highest BCUT2D eigenvalue weighted by Gasteiger charge is 2.10. The quantitative estimate of drug-likeness (QED) is 0.852. The summed E-state index contributed by atoms with van der Waals surface area (Å²) in [6, 6.07) is 7.45. The summed E-state index contributed by atoms with van der Waals surface area (Å²) in [7, 11) is 1.59. The molecule has 88 valence electrons. The Morgan fingerprint density at radius 2 is 2.29 bits per heavy atom. The van der Waals surface area contributed by atoms with Crippen molar-refractivity contribution in [3.05, 3.63) is 41.7 Å². The van der Waals surface area contributed by atoms with E-state index in [4.69, 9.17) is 4.74 Å². The number of nitrogens with zero attached hydrogens (tertiary/aromatic N) is 2. The van der Waals surface area contributed by atoms with E-state index in [2.05, 4.69) is 20.3 Å². The number of methoxy groups -OCH3 is 1. The van der Waals surface area contributed by atoms with Crippen LogP contribution in [-0.4, -0.2) is 23.3 Å². The molecule has 0 atom stereocenters. The molecule has 1 N–H and O–H groups in total. The first-order valence-electron chi connectivity index (χ1n) is 4.99. The van der Waals surface area contributed by atoms with Gasteiger partial charge >= 0.3 is 0 Å². The molecule has 1 aromatic carbocycles. The minimum atomic E-state index is -0.336. The summed E-state index contributed by atoms with van der Waals surface area (Å²) in [4.78, 5) is 11.6. The largest absolute Gasteiger partial charge is 0.496 e. The predicted molar refractivity (Wildman–Crippen MR) is 58.5 cm³/mol. The van der Waals surface area contributed by atoms with Gasteiger partial charge in [0.15, 0.2) is 5.69 Å². The van der Waals surface area contributed by atoms with Crippen LogP contribution in [0.15, 0.2) is 35.1 Å². The molecular formula is C11H11N3O3. The van der Waals surface area contributed by atoms with Crippen molar-refractivity contribution in [2.75, 3.05) is 7.11 Å². The zero-order valence-corrected chi connectivity index (χ0v) is 9.21. The average Bonchev–Trinajstić information content (AvgIpc) is 2.90. The van der Waals surface area contributed by atoms with E-state index in [0.29, 0.717) is 6.54 Å². The molecule has 0 aliphatic rings. The maximum absolute atomic E-state index is 11.6. The minimum absolute atomic E-state index is 0.153. The molecule has 6 nitrogen and oxygen atoms in total. The van der Waals surface area contributed by atoms with Gasteiger partial charge in [-0.3, -0.25) is 4.79 Å². The Bertz CT molecular complexity index is 496. The molecule has 0 saturated heterocycles. The number of aromatic nitrogens is 2. The van der Waals surface area contributed by atoms with Crippen LogP contribution in [0.25, 0.3) is 0 Å². The Labute approximate surface area is 97.5 Å². The molecule has 2 rings (SSSR count). The monoisotopic (exact) mass is 233 g/mol. The van der Waals surface area contributed by atoms with E-state index in [9.17, 15) is 4.79 Å². The number of nitrogens with one attached hydrogen (secondary N) is 1. The van der Waals surface area contributed by atoms with E-state index in [1.807, 2.05) is 24.3 Å². The second-order valence-electron chi connectivity index (χ2n) is 3.29. The van der Waals surface area contributed by atoms with Crippen LogP contribution >= 0.6 is 0 Å². The van der Waals surface area contributed by atoms with Gasteiger partial charge in [0.25, 0.3) is 5.91 Å². The number of rotatable bonds is 4. The van der Waals surface area contributed by atoms with Gasteiger partial charge in [-0.1, -0.05) is 23.4 Å². The van der Waals surface area contributed by atoms with E-state index in [1.165, 1.54) is 6.20 Å². The van der Waals surface area contributed by atoms with E-state index < -0.39 is 0 Å². The standard InChI is InChI=1S/C11H11N3O3/c1-16-10-5-3-2-4-8(10)6-12-11(15)9-7-13-17-14-9/h2-5,7H,6H2,1H3,(H,12,15). The van der Waals surface area contributed by atoms with E-state index in [1.54, 1.807) is 7.11 Å².